The largest absolute Gasteiger partial charge is 0.383 e. The van der Waals surface area contributed by atoms with Crippen molar-refractivity contribution >= 4 is 11.4 Å². The number of nitro groups is 1. The van der Waals surface area contributed by atoms with Crippen LogP contribution in [-0.4, -0.2) is 11.5 Å². The van der Waals surface area contributed by atoms with Crippen molar-refractivity contribution in [2.24, 2.45) is 0 Å². The molecule has 0 spiro atoms. The highest BCUT2D eigenvalue weighted by Gasteiger charge is 2.43. The van der Waals surface area contributed by atoms with Crippen molar-refractivity contribution in [3.8, 4) is 6.07 Å². The summed E-state index contributed by atoms with van der Waals surface area (Å²) in [6, 6.07) is 16.7. The first-order chi connectivity index (χ1) is 10.6. The Bertz CT molecular complexity index is 746. The summed E-state index contributed by atoms with van der Waals surface area (Å²) in [5.41, 5.74) is 2.30. The van der Waals surface area contributed by atoms with Crippen molar-refractivity contribution in [1.82, 2.24) is 0 Å². The third-order valence-electron chi connectivity index (χ3n) is 4.19. The Morgan fingerprint density at radius 3 is 2.55 bits per heavy atom. The highest BCUT2D eigenvalue weighted by Crippen LogP contribution is 2.48. The number of hydrogen-bond acceptors (Lipinski definition) is 4. The molecule has 0 bridgehead atoms. The van der Waals surface area contributed by atoms with Gasteiger partial charge in [0.05, 0.1) is 16.2 Å². The monoisotopic (exact) mass is 293 g/mol. The second-order valence-electron chi connectivity index (χ2n) is 5.60. The van der Waals surface area contributed by atoms with Crippen LogP contribution in [0, 0.1) is 21.4 Å². The van der Waals surface area contributed by atoms with Gasteiger partial charge in [0.2, 0.25) is 0 Å². The van der Waals surface area contributed by atoms with Gasteiger partial charge in [0.25, 0.3) is 5.69 Å². The van der Waals surface area contributed by atoms with Crippen LogP contribution in [0.5, 0.6) is 0 Å². The zero-order chi connectivity index (χ0) is 15.6. The summed E-state index contributed by atoms with van der Waals surface area (Å²) in [6.45, 7) is 0.726. The Morgan fingerprint density at radius 1 is 1.23 bits per heavy atom. The number of hydrogen-bond donors (Lipinski definition) is 1. The SMILES string of the molecule is N#Cc1cc([N+](=O)[O-])ccc1NCC1(c2ccccc2)CC1. The molecule has 0 aromatic heterocycles. The molecule has 0 saturated heterocycles. The quantitative estimate of drug-likeness (QED) is 0.674. The van der Waals surface area contributed by atoms with Crippen LogP contribution in [0.1, 0.15) is 24.0 Å². The number of nitrogens with zero attached hydrogens (tertiary/aromatic N) is 2. The number of rotatable bonds is 5. The molecule has 0 atom stereocenters. The maximum Gasteiger partial charge on any atom is 0.270 e. The first-order valence-electron chi connectivity index (χ1n) is 7.13. The fourth-order valence-corrected chi connectivity index (χ4v) is 2.67. The normalized spacial score (nSPS) is 14.9. The van der Waals surface area contributed by atoms with E-state index in [2.05, 4.69) is 17.4 Å². The second-order valence-corrected chi connectivity index (χ2v) is 5.60. The summed E-state index contributed by atoms with van der Waals surface area (Å²) in [5, 5.41) is 23.2. The molecule has 0 amide bonds. The first-order valence-corrected chi connectivity index (χ1v) is 7.13. The lowest BCUT2D eigenvalue weighted by atomic mass is 9.96. The lowest BCUT2D eigenvalue weighted by molar-refractivity contribution is -0.384. The van der Waals surface area contributed by atoms with E-state index in [1.165, 1.54) is 17.7 Å². The van der Waals surface area contributed by atoms with Gasteiger partial charge in [-0.1, -0.05) is 30.3 Å². The fourth-order valence-electron chi connectivity index (χ4n) is 2.67. The van der Waals surface area contributed by atoms with E-state index in [9.17, 15) is 15.4 Å². The number of nitrogens with one attached hydrogen (secondary N) is 1. The van der Waals surface area contributed by atoms with E-state index >= 15 is 0 Å². The molecule has 0 aliphatic heterocycles. The van der Waals surface area contributed by atoms with Crippen LogP contribution in [-0.2, 0) is 5.41 Å². The van der Waals surface area contributed by atoms with Crippen LogP contribution < -0.4 is 5.32 Å². The third-order valence-corrected chi connectivity index (χ3v) is 4.19. The maximum atomic E-state index is 10.8. The Hall–Kier alpha value is -2.87. The molecule has 0 heterocycles. The maximum absolute atomic E-state index is 10.8. The lowest BCUT2D eigenvalue weighted by Crippen LogP contribution is -2.20. The Kier molecular flexibility index (Phi) is 3.51. The van der Waals surface area contributed by atoms with Crippen molar-refractivity contribution in [2.45, 2.75) is 18.3 Å². The molecule has 1 saturated carbocycles. The number of nitro benzene ring substituents is 1. The van der Waals surface area contributed by atoms with Crippen LogP contribution in [0.15, 0.2) is 48.5 Å². The number of non-ortho nitro benzene ring substituents is 1. The van der Waals surface area contributed by atoms with E-state index < -0.39 is 4.92 Å². The average molecular weight is 293 g/mol. The van der Waals surface area contributed by atoms with E-state index in [1.807, 2.05) is 24.3 Å². The van der Waals surface area contributed by atoms with Crippen LogP contribution in [0.3, 0.4) is 0 Å². The number of anilines is 1. The number of benzene rings is 2. The fraction of sp³-hybridized carbons (Fsp3) is 0.235. The molecule has 3 rings (SSSR count). The van der Waals surface area contributed by atoms with Gasteiger partial charge in [0, 0.05) is 24.1 Å². The smallest absolute Gasteiger partial charge is 0.270 e. The zero-order valence-electron chi connectivity index (χ0n) is 12.0. The minimum absolute atomic E-state index is 0.0636. The molecule has 2 aromatic rings. The van der Waals surface area contributed by atoms with Gasteiger partial charge in [0.15, 0.2) is 0 Å². The van der Waals surface area contributed by atoms with Gasteiger partial charge in [-0.3, -0.25) is 10.1 Å². The van der Waals surface area contributed by atoms with Crippen LogP contribution >= 0.6 is 0 Å². The van der Waals surface area contributed by atoms with Crippen LogP contribution in [0.2, 0.25) is 0 Å². The molecule has 0 unspecified atom stereocenters. The molecule has 1 N–H and O–H groups in total. The predicted octanol–water partition coefficient (Wildman–Crippen LogP) is 3.61. The molecule has 2 aromatic carbocycles. The van der Waals surface area contributed by atoms with Gasteiger partial charge in [-0.05, 0) is 24.5 Å². The van der Waals surface area contributed by atoms with Crippen LogP contribution in [0.25, 0.3) is 0 Å². The van der Waals surface area contributed by atoms with Gasteiger partial charge < -0.3 is 5.32 Å². The second kappa shape index (κ2) is 5.49. The standard InChI is InChI=1S/C17H15N3O2/c18-11-13-10-15(20(21)22)6-7-16(13)19-12-17(8-9-17)14-4-2-1-3-5-14/h1-7,10,19H,8-9,12H2. The zero-order valence-corrected chi connectivity index (χ0v) is 12.0. The van der Waals surface area contributed by atoms with E-state index in [0.29, 0.717) is 11.3 Å². The lowest BCUT2D eigenvalue weighted by Gasteiger charge is -2.18. The van der Waals surface area contributed by atoms with Gasteiger partial charge >= 0.3 is 0 Å². The van der Waals surface area contributed by atoms with E-state index in [4.69, 9.17) is 0 Å². The number of nitriles is 1. The third kappa shape index (κ3) is 2.63. The summed E-state index contributed by atoms with van der Waals surface area (Å²) >= 11 is 0. The van der Waals surface area contributed by atoms with Crippen molar-refractivity contribution < 1.29 is 4.92 Å². The summed E-state index contributed by atoms with van der Waals surface area (Å²) in [5.74, 6) is 0. The Labute approximate surface area is 128 Å². The molecule has 110 valence electrons. The van der Waals surface area contributed by atoms with E-state index in [-0.39, 0.29) is 11.1 Å². The highest BCUT2D eigenvalue weighted by atomic mass is 16.6. The first kappa shape index (κ1) is 14.1. The molecule has 0 radical (unpaired) electrons. The van der Waals surface area contributed by atoms with E-state index in [1.54, 1.807) is 6.07 Å². The predicted molar refractivity (Wildman–Crippen MR) is 83.7 cm³/mol. The summed E-state index contributed by atoms with van der Waals surface area (Å²) in [7, 11) is 0. The molecule has 1 aliphatic carbocycles. The average Bonchev–Trinajstić information content (AvgIpc) is 3.34. The molecular weight excluding hydrogens is 278 g/mol. The Balaban J connectivity index is 1.78. The molecule has 5 heteroatoms. The molecule has 22 heavy (non-hydrogen) atoms. The molecule has 1 aliphatic rings. The van der Waals surface area contributed by atoms with Gasteiger partial charge in [0.1, 0.15) is 6.07 Å². The summed E-state index contributed by atoms with van der Waals surface area (Å²) < 4.78 is 0. The summed E-state index contributed by atoms with van der Waals surface area (Å²) in [4.78, 5) is 10.3. The minimum atomic E-state index is -0.489. The molecule has 1 fully saturated rings. The van der Waals surface area contributed by atoms with Gasteiger partial charge in [-0.25, -0.2) is 0 Å². The van der Waals surface area contributed by atoms with Crippen LogP contribution in [0.4, 0.5) is 11.4 Å². The topological polar surface area (TPSA) is 79.0 Å². The minimum Gasteiger partial charge on any atom is -0.383 e. The molecular formula is C17H15N3O2. The summed E-state index contributed by atoms with van der Waals surface area (Å²) in [6.07, 6.45) is 2.22. The van der Waals surface area contributed by atoms with E-state index in [0.717, 1.165) is 19.4 Å². The van der Waals surface area contributed by atoms with Crippen molar-refractivity contribution in [3.63, 3.8) is 0 Å². The highest BCUT2D eigenvalue weighted by molar-refractivity contribution is 5.61. The van der Waals surface area contributed by atoms with Crippen molar-refractivity contribution in [3.05, 3.63) is 69.8 Å². The Morgan fingerprint density at radius 2 is 1.95 bits per heavy atom. The van der Waals surface area contributed by atoms with Gasteiger partial charge in [-0.2, -0.15) is 5.26 Å². The molecule has 5 nitrogen and oxygen atoms in total. The van der Waals surface area contributed by atoms with Crippen molar-refractivity contribution in [1.29, 1.82) is 5.26 Å². The van der Waals surface area contributed by atoms with Crippen molar-refractivity contribution in [2.75, 3.05) is 11.9 Å². The van der Waals surface area contributed by atoms with Gasteiger partial charge in [-0.15, -0.1) is 0 Å².